The molecule has 8 unspecified atom stereocenters. The standard InChI is InChI=1S/C27H44O/c1-18(2)7-6-8-19(3)23-11-12-24-22-10-9-20-17-21(28)13-15-26(20,4)25(22)14-16-27(23,24)5/h6-7,9,18-19,21-25,28H,8,10-17H2,1-5H3. The van der Waals surface area contributed by atoms with Crippen LogP contribution in [0.2, 0.25) is 0 Å². The van der Waals surface area contributed by atoms with Gasteiger partial charge in [0.25, 0.3) is 0 Å². The molecule has 4 aliphatic rings. The van der Waals surface area contributed by atoms with Crippen molar-refractivity contribution in [3.05, 3.63) is 23.8 Å². The van der Waals surface area contributed by atoms with Gasteiger partial charge in [-0.2, -0.15) is 0 Å². The second kappa shape index (κ2) is 7.60. The first kappa shape index (κ1) is 20.7. The summed E-state index contributed by atoms with van der Waals surface area (Å²) < 4.78 is 0. The van der Waals surface area contributed by atoms with E-state index >= 15 is 0 Å². The molecule has 4 aliphatic carbocycles. The average molecular weight is 385 g/mol. The van der Waals surface area contributed by atoms with Gasteiger partial charge in [-0.25, -0.2) is 0 Å². The molecule has 1 heteroatoms. The summed E-state index contributed by atoms with van der Waals surface area (Å²) in [5.41, 5.74) is 2.55. The fraction of sp³-hybridized carbons (Fsp3) is 0.852. The Balaban J connectivity index is 1.52. The fourth-order valence-corrected chi connectivity index (χ4v) is 8.35. The molecule has 0 aromatic heterocycles. The van der Waals surface area contributed by atoms with Crippen LogP contribution in [0.5, 0.6) is 0 Å². The van der Waals surface area contributed by atoms with Gasteiger partial charge in [0.2, 0.25) is 0 Å². The molecule has 1 N–H and O–H groups in total. The van der Waals surface area contributed by atoms with Crippen LogP contribution in [0.4, 0.5) is 0 Å². The minimum Gasteiger partial charge on any atom is -0.393 e. The highest BCUT2D eigenvalue weighted by Gasteiger charge is 2.58. The van der Waals surface area contributed by atoms with Gasteiger partial charge in [-0.1, -0.05) is 58.4 Å². The van der Waals surface area contributed by atoms with Crippen LogP contribution in [0.3, 0.4) is 0 Å². The molecule has 0 aromatic rings. The van der Waals surface area contributed by atoms with E-state index in [1.807, 2.05) is 0 Å². The fourth-order valence-electron chi connectivity index (χ4n) is 8.35. The first-order valence-corrected chi connectivity index (χ1v) is 12.3. The molecule has 0 heterocycles. The monoisotopic (exact) mass is 384 g/mol. The van der Waals surface area contributed by atoms with Gasteiger partial charge >= 0.3 is 0 Å². The second-order valence-electron chi connectivity index (χ2n) is 11.8. The number of rotatable bonds is 4. The molecule has 0 bridgehead atoms. The summed E-state index contributed by atoms with van der Waals surface area (Å²) in [6, 6.07) is 0. The van der Waals surface area contributed by atoms with E-state index in [0.29, 0.717) is 16.7 Å². The Kier molecular flexibility index (Phi) is 5.62. The number of aliphatic hydroxyl groups is 1. The van der Waals surface area contributed by atoms with Crippen molar-refractivity contribution in [2.45, 2.75) is 98.5 Å². The first-order chi connectivity index (χ1) is 13.3. The Hall–Kier alpha value is -0.560. The van der Waals surface area contributed by atoms with E-state index in [1.165, 1.54) is 44.9 Å². The van der Waals surface area contributed by atoms with Crippen LogP contribution in [-0.2, 0) is 0 Å². The van der Waals surface area contributed by atoms with Crippen molar-refractivity contribution in [2.24, 2.45) is 46.3 Å². The SMILES string of the molecule is CC(C)C=CCC(C)C1CCC2C3CC=C4CC(O)CCC4(C)C3CCC12C. The third-order valence-electron chi connectivity index (χ3n) is 9.87. The van der Waals surface area contributed by atoms with Crippen molar-refractivity contribution >= 4 is 0 Å². The molecule has 0 aromatic carbocycles. The van der Waals surface area contributed by atoms with Crippen molar-refractivity contribution in [1.29, 1.82) is 0 Å². The molecule has 8 atom stereocenters. The Labute approximate surface area is 174 Å². The lowest BCUT2D eigenvalue weighted by Gasteiger charge is -2.58. The average Bonchev–Trinajstić information content (AvgIpc) is 2.99. The van der Waals surface area contributed by atoms with Crippen molar-refractivity contribution in [2.75, 3.05) is 0 Å². The molecule has 4 rings (SSSR count). The van der Waals surface area contributed by atoms with Crippen molar-refractivity contribution in [3.63, 3.8) is 0 Å². The summed E-state index contributed by atoms with van der Waals surface area (Å²) in [5.74, 6) is 5.08. The van der Waals surface area contributed by atoms with Crippen LogP contribution >= 0.6 is 0 Å². The van der Waals surface area contributed by atoms with E-state index in [2.05, 4.69) is 52.8 Å². The van der Waals surface area contributed by atoms with E-state index in [1.54, 1.807) is 5.57 Å². The third kappa shape index (κ3) is 3.34. The number of fused-ring (bicyclic) bond motifs is 5. The third-order valence-corrected chi connectivity index (χ3v) is 9.87. The summed E-state index contributed by atoms with van der Waals surface area (Å²) in [6.07, 6.45) is 18.9. The van der Waals surface area contributed by atoms with E-state index in [0.717, 1.165) is 42.4 Å². The van der Waals surface area contributed by atoms with Gasteiger partial charge in [0.1, 0.15) is 0 Å². The van der Waals surface area contributed by atoms with Gasteiger partial charge in [-0.05, 0) is 104 Å². The highest BCUT2D eigenvalue weighted by Crippen LogP contribution is 2.67. The van der Waals surface area contributed by atoms with Crippen LogP contribution in [0, 0.1) is 46.3 Å². The number of allylic oxidation sites excluding steroid dienone is 3. The zero-order valence-electron chi connectivity index (χ0n) is 19.1. The predicted octanol–water partition coefficient (Wildman–Crippen LogP) is 7.16. The maximum Gasteiger partial charge on any atom is 0.0577 e. The highest BCUT2D eigenvalue weighted by molar-refractivity contribution is 5.25. The van der Waals surface area contributed by atoms with E-state index in [9.17, 15) is 5.11 Å². The number of aliphatic hydroxyl groups excluding tert-OH is 1. The van der Waals surface area contributed by atoms with Crippen LogP contribution in [-0.4, -0.2) is 11.2 Å². The topological polar surface area (TPSA) is 20.2 Å². The van der Waals surface area contributed by atoms with E-state index in [4.69, 9.17) is 0 Å². The molecule has 0 aliphatic heterocycles. The first-order valence-electron chi connectivity index (χ1n) is 12.3. The molecule has 0 spiro atoms. The Morgan fingerprint density at radius 2 is 1.86 bits per heavy atom. The zero-order chi connectivity index (χ0) is 20.1. The van der Waals surface area contributed by atoms with Crippen LogP contribution < -0.4 is 0 Å². The number of hydrogen-bond donors (Lipinski definition) is 1. The summed E-state index contributed by atoms with van der Waals surface area (Å²) in [4.78, 5) is 0. The van der Waals surface area contributed by atoms with Gasteiger partial charge in [0.15, 0.2) is 0 Å². The zero-order valence-corrected chi connectivity index (χ0v) is 19.1. The van der Waals surface area contributed by atoms with Gasteiger partial charge in [0.05, 0.1) is 6.10 Å². The Morgan fingerprint density at radius 3 is 2.61 bits per heavy atom. The van der Waals surface area contributed by atoms with Crippen molar-refractivity contribution in [1.82, 2.24) is 0 Å². The van der Waals surface area contributed by atoms with Crippen LogP contribution in [0.25, 0.3) is 0 Å². The van der Waals surface area contributed by atoms with E-state index in [-0.39, 0.29) is 6.10 Å². The molecular formula is C27H44O. The molecule has 158 valence electrons. The molecule has 3 fully saturated rings. The molecule has 28 heavy (non-hydrogen) atoms. The van der Waals surface area contributed by atoms with Gasteiger partial charge < -0.3 is 5.11 Å². The quantitative estimate of drug-likeness (QED) is 0.510. The molecule has 0 radical (unpaired) electrons. The van der Waals surface area contributed by atoms with Crippen molar-refractivity contribution in [3.8, 4) is 0 Å². The minimum absolute atomic E-state index is 0.0830. The van der Waals surface area contributed by atoms with Crippen LogP contribution in [0.15, 0.2) is 23.8 Å². The van der Waals surface area contributed by atoms with Crippen LogP contribution in [0.1, 0.15) is 92.4 Å². The minimum atomic E-state index is -0.0830. The van der Waals surface area contributed by atoms with Gasteiger partial charge in [-0.3, -0.25) is 0 Å². The lowest BCUT2D eigenvalue weighted by atomic mass is 9.47. The number of hydrogen-bond acceptors (Lipinski definition) is 1. The summed E-state index contributed by atoms with van der Waals surface area (Å²) in [7, 11) is 0. The Bertz CT molecular complexity index is 630. The smallest absolute Gasteiger partial charge is 0.0577 e. The summed E-state index contributed by atoms with van der Waals surface area (Å²) in [6.45, 7) is 12.3. The van der Waals surface area contributed by atoms with Crippen molar-refractivity contribution < 1.29 is 5.11 Å². The summed E-state index contributed by atoms with van der Waals surface area (Å²) >= 11 is 0. The Morgan fingerprint density at radius 1 is 1.07 bits per heavy atom. The molecular weight excluding hydrogens is 340 g/mol. The predicted molar refractivity (Wildman–Crippen MR) is 119 cm³/mol. The van der Waals surface area contributed by atoms with Gasteiger partial charge in [0, 0.05) is 0 Å². The largest absolute Gasteiger partial charge is 0.393 e. The maximum absolute atomic E-state index is 10.2. The summed E-state index contributed by atoms with van der Waals surface area (Å²) in [5, 5.41) is 10.2. The normalized spacial score (nSPS) is 46.8. The maximum atomic E-state index is 10.2. The molecule has 0 saturated heterocycles. The van der Waals surface area contributed by atoms with E-state index < -0.39 is 0 Å². The lowest BCUT2D eigenvalue weighted by molar-refractivity contribution is -0.0565. The molecule has 0 amide bonds. The van der Waals surface area contributed by atoms with Gasteiger partial charge in [-0.15, -0.1) is 0 Å². The second-order valence-corrected chi connectivity index (χ2v) is 11.8. The molecule has 1 nitrogen and oxygen atoms in total. The molecule has 3 saturated carbocycles. The lowest BCUT2D eigenvalue weighted by Crippen LogP contribution is -2.50. The highest BCUT2D eigenvalue weighted by atomic mass is 16.3.